The lowest BCUT2D eigenvalue weighted by molar-refractivity contribution is -0.871. The van der Waals surface area contributed by atoms with Crippen molar-refractivity contribution < 1.29 is 14.4 Å². The van der Waals surface area contributed by atoms with Crippen molar-refractivity contribution in [2.24, 2.45) is 0 Å². The average Bonchev–Trinajstić information content (AvgIpc) is 2.55. The number of likely N-dealkylation sites (N-methyl/N-ethyl adjacent to an activating group) is 1. The van der Waals surface area contributed by atoms with Gasteiger partial charge in [0.1, 0.15) is 18.9 Å². The van der Waals surface area contributed by atoms with E-state index in [4.69, 9.17) is 4.74 Å². The van der Waals surface area contributed by atoms with E-state index in [0.29, 0.717) is 19.7 Å². The van der Waals surface area contributed by atoms with Crippen molar-refractivity contribution in [2.75, 3.05) is 26.7 Å². The van der Waals surface area contributed by atoms with E-state index in [2.05, 4.69) is 5.32 Å². The molecule has 2 aromatic carbocycles. The Balaban J connectivity index is 1.62. The normalized spacial score (nSPS) is 11.7. The molecule has 4 heteroatoms. The molecule has 2 rings (SSSR count). The number of amides is 1. The average molecular weight is 299 g/mol. The number of hydrogen-bond donors (Lipinski definition) is 2. The SMILES string of the molecule is C[NH+](CCOc1ccccc1)CC(=O)NCc1ccccc1. The number of benzene rings is 2. The number of para-hydroxylation sites is 1. The Hall–Kier alpha value is -2.33. The van der Waals surface area contributed by atoms with Crippen LogP contribution in [0.15, 0.2) is 60.7 Å². The van der Waals surface area contributed by atoms with Crippen LogP contribution in [-0.2, 0) is 11.3 Å². The Morgan fingerprint density at radius 2 is 1.68 bits per heavy atom. The van der Waals surface area contributed by atoms with Gasteiger partial charge in [-0.1, -0.05) is 48.5 Å². The molecule has 116 valence electrons. The van der Waals surface area contributed by atoms with Crippen molar-refractivity contribution in [2.45, 2.75) is 6.54 Å². The maximum atomic E-state index is 11.9. The van der Waals surface area contributed by atoms with Gasteiger partial charge in [-0.2, -0.15) is 0 Å². The highest BCUT2D eigenvalue weighted by atomic mass is 16.5. The number of rotatable bonds is 8. The fraction of sp³-hybridized carbons (Fsp3) is 0.278. The van der Waals surface area contributed by atoms with Crippen LogP contribution in [0.5, 0.6) is 5.75 Å². The molecule has 0 aliphatic heterocycles. The van der Waals surface area contributed by atoms with Gasteiger partial charge in [-0.25, -0.2) is 0 Å². The van der Waals surface area contributed by atoms with Crippen LogP contribution < -0.4 is 15.0 Å². The molecule has 0 bridgehead atoms. The quantitative estimate of drug-likeness (QED) is 0.760. The van der Waals surface area contributed by atoms with E-state index in [1.807, 2.05) is 67.7 Å². The summed E-state index contributed by atoms with van der Waals surface area (Å²) in [5.74, 6) is 0.921. The Kier molecular flexibility index (Phi) is 6.45. The maximum absolute atomic E-state index is 11.9. The molecule has 0 saturated carbocycles. The van der Waals surface area contributed by atoms with E-state index in [0.717, 1.165) is 22.8 Å². The molecule has 0 saturated heterocycles. The molecule has 0 heterocycles. The highest BCUT2D eigenvalue weighted by Gasteiger charge is 2.09. The molecular formula is C18H23N2O2+. The lowest BCUT2D eigenvalue weighted by Crippen LogP contribution is -3.10. The molecule has 1 unspecified atom stereocenters. The molecule has 2 N–H and O–H groups in total. The molecule has 0 spiro atoms. The van der Waals surface area contributed by atoms with Crippen LogP contribution in [0.25, 0.3) is 0 Å². The summed E-state index contributed by atoms with van der Waals surface area (Å²) in [4.78, 5) is 13.0. The lowest BCUT2D eigenvalue weighted by Gasteiger charge is -2.14. The van der Waals surface area contributed by atoms with E-state index in [1.54, 1.807) is 0 Å². The van der Waals surface area contributed by atoms with Crippen LogP contribution in [0, 0.1) is 0 Å². The number of carbonyl (C=O) groups excluding carboxylic acids is 1. The zero-order valence-corrected chi connectivity index (χ0v) is 12.9. The first-order valence-corrected chi connectivity index (χ1v) is 7.54. The molecule has 0 aliphatic rings. The third-order valence-electron chi connectivity index (χ3n) is 3.34. The second kappa shape index (κ2) is 8.85. The molecule has 0 aromatic heterocycles. The second-order valence-electron chi connectivity index (χ2n) is 5.31. The largest absolute Gasteiger partial charge is 0.488 e. The summed E-state index contributed by atoms with van der Waals surface area (Å²) in [7, 11) is 2.00. The highest BCUT2D eigenvalue weighted by Crippen LogP contribution is 2.07. The zero-order valence-electron chi connectivity index (χ0n) is 12.9. The van der Waals surface area contributed by atoms with E-state index in [1.165, 1.54) is 0 Å². The minimum atomic E-state index is 0.0565. The fourth-order valence-electron chi connectivity index (χ4n) is 2.08. The predicted molar refractivity (Wildman–Crippen MR) is 86.8 cm³/mol. The van der Waals surface area contributed by atoms with Gasteiger partial charge in [0.25, 0.3) is 5.91 Å². The van der Waals surface area contributed by atoms with Crippen LogP contribution in [-0.4, -0.2) is 32.7 Å². The second-order valence-corrected chi connectivity index (χ2v) is 5.31. The van der Waals surface area contributed by atoms with Crippen molar-refractivity contribution in [1.82, 2.24) is 5.32 Å². The summed E-state index contributed by atoms with van der Waals surface area (Å²) < 4.78 is 5.63. The number of nitrogens with one attached hydrogen (secondary N) is 2. The summed E-state index contributed by atoms with van der Waals surface area (Å²) in [5, 5.41) is 2.94. The number of hydrogen-bond acceptors (Lipinski definition) is 2. The Bertz CT molecular complexity index is 558. The van der Waals surface area contributed by atoms with Gasteiger partial charge in [0, 0.05) is 6.54 Å². The molecule has 4 nitrogen and oxygen atoms in total. The van der Waals surface area contributed by atoms with Gasteiger partial charge in [-0.05, 0) is 17.7 Å². The van der Waals surface area contributed by atoms with E-state index >= 15 is 0 Å². The molecule has 1 amide bonds. The van der Waals surface area contributed by atoms with Gasteiger partial charge in [-0.3, -0.25) is 4.79 Å². The van der Waals surface area contributed by atoms with Crippen LogP contribution in [0.2, 0.25) is 0 Å². The third kappa shape index (κ3) is 5.97. The number of carbonyl (C=O) groups is 1. The zero-order chi connectivity index (χ0) is 15.6. The van der Waals surface area contributed by atoms with Gasteiger partial charge >= 0.3 is 0 Å². The first-order chi connectivity index (χ1) is 10.7. The topological polar surface area (TPSA) is 42.8 Å². The summed E-state index contributed by atoms with van der Waals surface area (Å²) in [6.07, 6.45) is 0. The van der Waals surface area contributed by atoms with Crippen molar-refractivity contribution in [3.63, 3.8) is 0 Å². The monoisotopic (exact) mass is 299 g/mol. The van der Waals surface area contributed by atoms with E-state index in [-0.39, 0.29) is 5.91 Å². The molecule has 0 fully saturated rings. The third-order valence-corrected chi connectivity index (χ3v) is 3.34. The van der Waals surface area contributed by atoms with Crippen molar-refractivity contribution in [1.29, 1.82) is 0 Å². The molecule has 0 aliphatic carbocycles. The number of quaternary nitrogens is 1. The fourth-order valence-corrected chi connectivity index (χ4v) is 2.08. The van der Waals surface area contributed by atoms with Gasteiger partial charge < -0.3 is 15.0 Å². The summed E-state index contributed by atoms with van der Waals surface area (Å²) in [6, 6.07) is 19.6. The standard InChI is InChI=1S/C18H22N2O2/c1-20(12-13-22-17-10-6-3-7-11-17)15-18(21)19-14-16-8-4-2-5-9-16/h2-11H,12-15H2,1H3,(H,19,21)/p+1. The predicted octanol–water partition coefficient (Wildman–Crippen LogP) is 0.897. The molecule has 2 aromatic rings. The molecule has 22 heavy (non-hydrogen) atoms. The van der Waals surface area contributed by atoms with Crippen LogP contribution in [0.1, 0.15) is 5.56 Å². The maximum Gasteiger partial charge on any atom is 0.275 e. The Morgan fingerprint density at radius 3 is 2.36 bits per heavy atom. The number of ether oxygens (including phenoxy) is 1. The minimum absolute atomic E-state index is 0.0565. The van der Waals surface area contributed by atoms with E-state index in [9.17, 15) is 4.79 Å². The minimum Gasteiger partial charge on any atom is -0.488 e. The van der Waals surface area contributed by atoms with Gasteiger partial charge in [-0.15, -0.1) is 0 Å². The molecular weight excluding hydrogens is 276 g/mol. The Labute approximate surface area is 131 Å². The summed E-state index contributed by atoms with van der Waals surface area (Å²) in [5.41, 5.74) is 1.11. The summed E-state index contributed by atoms with van der Waals surface area (Å²) >= 11 is 0. The van der Waals surface area contributed by atoms with Crippen LogP contribution in [0.4, 0.5) is 0 Å². The summed E-state index contributed by atoms with van der Waals surface area (Å²) in [6.45, 7) is 2.41. The van der Waals surface area contributed by atoms with Gasteiger partial charge in [0.2, 0.25) is 0 Å². The molecule has 0 radical (unpaired) electrons. The van der Waals surface area contributed by atoms with E-state index < -0.39 is 0 Å². The van der Waals surface area contributed by atoms with Gasteiger partial charge in [0.05, 0.1) is 7.05 Å². The van der Waals surface area contributed by atoms with Gasteiger partial charge in [0.15, 0.2) is 6.54 Å². The Morgan fingerprint density at radius 1 is 1.05 bits per heavy atom. The first kappa shape index (κ1) is 16.0. The van der Waals surface area contributed by atoms with Crippen LogP contribution in [0.3, 0.4) is 0 Å². The van der Waals surface area contributed by atoms with Crippen molar-refractivity contribution >= 4 is 5.91 Å². The smallest absolute Gasteiger partial charge is 0.275 e. The van der Waals surface area contributed by atoms with Crippen molar-refractivity contribution in [3.05, 3.63) is 66.2 Å². The van der Waals surface area contributed by atoms with Crippen LogP contribution >= 0.6 is 0 Å². The molecule has 1 atom stereocenters. The lowest BCUT2D eigenvalue weighted by atomic mass is 10.2. The first-order valence-electron chi connectivity index (χ1n) is 7.54. The highest BCUT2D eigenvalue weighted by molar-refractivity contribution is 5.76. The van der Waals surface area contributed by atoms with Crippen molar-refractivity contribution in [3.8, 4) is 5.75 Å².